The molecular weight excluding hydrogens is 172 g/mol. The van der Waals surface area contributed by atoms with Gasteiger partial charge in [0.05, 0.1) is 0 Å². The molecule has 0 spiro atoms. The van der Waals surface area contributed by atoms with Crippen molar-refractivity contribution in [3.8, 4) is 0 Å². The van der Waals surface area contributed by atoms with Crippen LogP contribution in [0.5, 0.6) is 0 Å². The molecule has 2 atom stereocenters. The number of hydrogen-bond acceptors (Lipinski definition) is 1. The molecule has 0 aliphatic heterocycles. The van der Waals surface area contributed by atoms with Gasteiger partial charge in [-0.3, -0.25) is 0 Å². The van der Waals surface area contributed by atoms with Crippen LogP contribution in [0.2, 0.25) is 0 Å². The Morgan fingerprint density at radius 3 is 3.00 bits per heavy atom. The van der Waals surface area contributed by atoms with Crippen LogP contribution in [0.4, 0.5) is 0 Å². The highest BCUT2D eigenvalue weighted by Gasteiger charge is 2.22. The van der Waals surface area contributed by atoms with Gasteiger partial charge < -0.3 is 5.11 Å². The van der Waals surface area contributed by atoms with Crippen LogP contribution < -0.4 is 0 Å². The van der Waals surface area contributed by atoms with Crippen molar-refractivity contribution < 1.29 is 5.11 Å². The van der Waals surface area contributed by atoms with Gasteiger partial charge in [0, 0.05) is 6.61 Å². The largest absolute Gasteiger partial charge is 0.396 e. The lowest BCUT2D eigenvalue weighted by atomic mass is 9.91. The molecule has 2 rings (SSSR count). The van der Waals surface area contributed by atoms with Crippen molar-refractivity contribution in [2.45, 2.75) is 32.1 Å². The normalized spacial score (nSPS) is 22.0. The zero-order valence-corrected chi connectivity index (χ0v) is 8.74. The van der Waals surface area contributed by atoms with Gasteiger partial charge >= 0.3 is 0 Å². The van der Waals surface area contributed by atoms with Gasteiger partial charge in [0.2, 0.25) is 0 Å². The summed E-state index contributed by atoms with van der Waals surface area (Å²) in [5.74, 6) is 1.12. The topological polar surface area (TPSA) is 20.2 Å². The monoisotopic (exact) mass is 190 g/mol. The number of hydrogen-bond donors (Lipinski definition) is 1. The molecule has 0 fully saturated rings. The molecule has 1 N–H and O–H groups in total. The first kappa shape index (κ1) is 9.72. The Morgan fingerprint density at radius 2 is 2.21 bits per heavy atom. The third kappa shape index (κ3) is 1.83. The average Bonchev–Trinajstić information content (AvgIpc) is 2.62. The Balaban J connectivity index is 2.10. The number of fused-ring (bicyclic) bond motifs is 1. The number of aliphatic hydroxyl groups is 1. The van der Waals surface area contributed by atoms with Crippen molar-refractivity contribution in [2.75, 3.05) is 6.61 Å². The van der Waals surface area contributed by atoms with Crippen molar-refractivity contribution in [3.63, 3.8) is 0 Å². The summed E-state index contributed by atoms with van der Waals surface area (Å²) in [5, 5.41) is 9.04. The van der Waals surface area contributed by atoms with Crippen molar-refractivity contribution >= 4 is 0 Å². The fourth-order valence-electron chi connectivity index (χ4n) is 2.45. The second-order valence-corrected chi connectivity index (χ2v) is 4.46. The summed E-state index contributed by atoms with van der Waals surface area (Å²) < 4.78 is 0. The summed E-state index contributed by atoms with van der Waals surface area (Å²) in [6.45, 7) is 2.44. The van der Waals surface area contributed by atoms with Crippen LogP contribution in [0.15, 0.2) is 24.3 Å². The van der Waals surface area contributed by atoms with E-state index in [0.29, 0.717) is 18.4 Å². The summed E-state index contributed by atoms with van der Waals surface area (Å²) in [6.07, 6.45) is 3.62. The van der Waals surface area contributed by atoms with Crippen molar-refractivity contribution in [2.24, 2.45) is 5.92 Å². The van der Waals surface area contributed by atoms with E-state index >= 15 is 0 Å². The third-order valence-corrected chi connectivity index (χ3v) is 3.26. The molecule has 1 aromatic rings. The van der Waals surface area contributed by atoms with Gasteiger partial charge in [-0.25, -0.2) is 0 Å². The Morgan fingerprint density at radius 1 is 1.43 bits per heavy atom. The molecule has 0 saturated carbocycles. The van der Waals surface area contributed by atoms with Crippen molar-refractivity contribution in [1.29, 1.82) is 0 Å². The third-order valence-electron chi connectivity index (χ3n) is 3.26. The predicted molar refractivity (Wildman–Crippen MR) is 58.4 cm³/mol. The molecule has 14 heavy (non-hydrogen) atoms. The maximum atomic E-state index is 9.04. The van der Waals surface area contributed by atoms with Crippen molar-refractivity contribution in [1.82, 2.24) is 0 Å². The van der Waals surface area contributed by atoms with Gasteiger partial charge in [0.15, 0.2) is 0 Å². The molecule has 1 heteroatoms. The number of aliphatic hydroxyl groups excluding tert-OH is 1. The minimum atomic E-state index is 0.318. The molecule has 76 valence electrons. The van der Waals surface area contributed by atoms with Gasteiger partial charge in [-0.2, -0.15) is 0 Å². The van der Waals surface area contributed by atoms with E-state index in [-0.39, 0.29) is 0 Å². The minimum Gasteiger partial charge on any atom is -0.396 e. The molecule has 0 aromatic heterocycles. The number of rotatable bonds is 3. The van der Waals surface area contributed by atoms with Crippen LogP contribution in [0, 0.1) is 5.92 Å². The Kier molecular flexibility index (Phi) is 2.87. The fourth-order valence-corrected chi connectivity index (χ4v) is 2.45. The minimum absolute atomic E-state index is 0.318. The maximum Gasteiger partial charge on any atom is 0.0456 e. The van der Waals surface area contributed by atoms with E-state index in [0.717, 1.165) is 6.42 Å². The first-order valence-corrected chi connectivity index (χ1v) is 5.50. The Bertz CT molecular complexity index is 306. The first-order chi connectivity index (χ1) is 6.81. The summed E-state index contributed by atoms with van der Waals surface area (Å²) in [5.41, 5.74) is 3.04. The smallest absolute Gasteiger partial charge is 0.0456 e. The van der Waals surface area contributed by atoms with E-state index in [2.05, 4.69) is 31.2 Å². The lowest BCUT2D eigenvalue weighted by Crippen LogP contribution is -2.06. The van der Waals surface area contributed by atoms with E-state index in [4.69, 9.17) is 5.11 Å². The van der Waals surface area contributed by atoms with Gasteiger partial charge in [-0.15, -0.1) is 0 Å². The molecule has 0 saturated heterocycles. The second-order valence-electron chi connectivity index (χ2n) is 4.46. The standard InChI is InChI=1S/C13H18O/c1-10(9-14)8-12-7-6-11-4-2-3-5-13(11)12/h2-5,10,12,14H,6-9H2,1H3. The van der Waals surface area contributed by atoms with Gasteiger partial charge in [0.1, 0.15) is 0 Å². The molecule has 1 nitrogen and oxygen atoms in total. The molecule has 1 aromatic carbocycles. The Labute approximate surface area is 85.8 Å². The summed E-state index contributed by atoms with van der Waals surface area (Å²) >= 11 is 0. The van der Waals surface area contributed by atoms with E-state index in [1.54, 1.807) is 0 Å². The van der Waals surface area contributed by atoms with E-state index in [1.807, 2.05) is 0 Å². The highest BCUT2D eigenvalue weighted by molar-refractivity contribution is 5.34. The fraction of sp³-hybridized carbons (Fsp3) is 0.538. The van der Waals surface area contributed by atoms with Crippen LogP contribution >= 0.6 is 0 Å². The molecule has 0 heterocycles. The highest BCUT2D eigenvalue weighted by Crippen LogP contribution is 2.36. The molecular formula is C13H18O. The van der Waals surface area contributed by atoms with Crippen LogP contribution in [0.1, 0.15) is 36.8 Å². The first-order valence-electron chi connectivity index (χ1n) is 5.50. The van der Waals surface area contributed by atoms with Gasteiger partial charge in [0.25, 0.3) is 0 Å². The number of benzene rings is 1. The molecule has 0 radical (unpaired) electrons. The summed E-state index contributed by atoms with van der Waals surface area (Å²) in [4.78, 5) is 0. The maximum absolute atomic E-state index is 9.04. The summed E-state index contributed by atoms with van der Waals surface area (Å²) in [7, 11) is 0. The van der Waals surface area contributed by atoms with Crippen LogP contribution in [0.3, 0.4) is 0 Å². The number of aryl methyl sites for hydroxylation is 1. The highest BCUT2D eigenvalue weighted by atomic mass is 16.3. The van der Waals surface area contributed by atoms with E-state index < -0.39 is 0 Å². The van der Waals surface area contributed by atoms with Gasteiger partial charge in [-0.05, 0) is 42.2 Å². The zero-order chi connectivity index (χ0) is 9.97. The quantitative estimate of drug-likeness (QED) is 0.777. The van der Waals surface area contributed by atoms with E-state index in [1.165, 1.54) is 24.0 Å². The SMILES string of the molecule is CC(CO)CC1CCc2ccccc21. The molecule has 0 bridgehead atoms. The van der Waals surface area contributed by atoms with Crippen molar-refractivity contribution in [3.05, 3.63) is 35.4 Å². The van der Waals surface area contributed by atoms with Gasteiger partial charge in [-0.1, -0.05) is 31.2 Å². The lowest BCUT2D eigenvalue weighted by Gasteiger charge is -2.15. The lowest BCUT2D eigenvalue weighted by molar-refractivity contribution is 0.223. The Hall–Kier alpha value is -0.820. The average molecular weight is 190 g/mol. The van der Waals surface area contributed by atoms with E-state index in [9.17, 15) is 0 Å². The molecule has 1 aliphatic carbocycles. The van der Waals surface area contributed by atoms with Crippen LogP contribution in [0.25, 0.3) is 0 Å². The zero-order valence-electron chi connectivity index (χ0n) is 8.74. The molecule has 0 amide bonds. The van der Waals surface area contributed by atoms with Crippen LogP contribution in [-0.2, 0) is 6.42 Å². The second kappa shape index (κ2) is 4.14. The summed E-state index contributed by atoms with van der Waals surface area (Å²) in [6, 6.07) is 8.73. The molecule has 2 unspecified atom stereocenters. The predicted octanol–water partition coefficient (Wildman–Crippen LogP) is 2.73. The molecule has 1 aliphatic rings. The van der Waals surface area contributed by atoms with Crippen LogP contribution in [-0.4, -0.2) is 11.7 Å².